The number of carboxylic acid groups (broad SMARTS) is 1. The largest absolute Gasteiger partial charge is 0.481 e. The molecule has 2 fully saturated rings. The molecule has 0 bridgehead atoms. The molecule has 0 spiro atoms. The third kappa shape index (κ3) is 5.33. The van der Waals surface area contributed by atoms with E-state index in [4.69, 9.17) is 5.11 Å². The normalized spacial score (nSPS) is 22.7. The molecule has 0 aromatic heterocycles. The molecule has 2 rings (SSSR count). The summed E-state index contributed by atoms with van der Waals surface area (Å²) in [6.45, 7) is 0.780. The summed E-state index contributed by atoms with van der Waals surface area (Å²) in [5, 5.41) is 12.2. The Labute approximate surface area is 127 Å². The minimum absolute atomic E-state index is 0.0590. The minimum atomic E-state index is -0.767. The standard InChI is InChI=1S/C17H29NO3/c19-15(18-13-14-7-3-1-4-8-14)11-17(12-16(20)21)9-5-2-6-10-17/h14H,1-13H2,(H,18,19)(H,20,21). The van der Waals surface area contributed by atoms with E-state index in [-0.39, 0.29) is 17.7 Å². The van der Waals surface area contributed by atoms with Gasteiger partial charge < -0.3 is 10.4 Å². The number of aliphatic carboxylic acids is 1. The van der Waals surface area contributed by atoms with Gasteiger partial charge in [-0.1, -0.05) is 38.5 Å². The SMILES string of the molecule is O=C(O)CC1(CC(=O)NCC2CCCCC2)CCCCC1. The first-order valence-corrected chi connectivity index (χ1v) is 8.58. The number of amides is 1. The summed E-state index contributed by atoms with van der Waals surface area (Å²) >= 11 is 0. The topological polar surface area (TPSA) is 66.4 Å². The molecule has 4 heteroatoms. The second kappa shape index (κ2) is 7.81. The molecule has 4 nitrogen and oxygen atoms in total. The van der Waals surface area contributed by atoms with E-state index >= 15 is 0 Å². The fourth-order valence-corrected chi connectivity index (χ4v) is 4.09. The first-order valence-electron chi connectivity index (χ1n) is 8.58. The van der Waals surface area contributed by atoms with Gasteiger partial charge in [0.15, 0.2) is 0 Å². The summed E-state index contributed by atoms with van der Waals surface area (Å²) in [6, 6.07) is 0. The van der Waals surface area contributed by atoms with Crippen LogP contribution in [0.15, 0.2) is 0 Å². The van der Waals surface area contributed by atoms with Crippen LogP contribution in [-0.2, 0) is 9.59 Å². The van der Waals surface area contributed by atoms with E-state index in [1.165, 1.54) is 38.5 Å². The first kappa shape index (κ1) is 16.3. The maximum absolute atomic E-state index is 12.2. The Morgan fingerprint density at radius 3 is 2.19 bits per heavy atom. The van der Waals surface area contributed by atoms with Gasteiger partial charge in [-0.3, -0.25) is 9.59 Å². The maximum Gasteiger partial charge on any atom is 0.303 e. The average molecular weight is 295 g/mol. The highest BCUT2D eigenvalue weighted by atomic mass is 16.4. The lowest BCUT2D eigenvalue weighted by Gasteiger charge is -2.35. The van der Waals surface area contributed by atoms with Crippen LogP contribution in [0.1, 0.15) is 77.0 Å². The summed E-state index contributed by atoms with van der Waals surface area (Å²) in [4.78, 5) is 23.4. The molecule has 0 heterocycles. The Bertz CT molecular complexity index is 355. The van der Waals surface area contributed by atoms with Gasteiger partial charge in [0, 0.05) is 13.0 Å². The molecule has 0 aromatic carbocycles. The smallest absolute Gasteiger partial charge is 0.303 e. The lowest BCUT2D eigenvalue weighted by molar-refractivity contribution is -0.141. The van der Waals surface area contributed by atoms with Crippen LogP contribution in [0.3, 0.4) is 0 Å². The third-order valence-corrected chi connectivity index (χ3v) is 5.29. The molecule has 2 saturated carbocycles. The zero-order valence-electron chi connectivity index (χ0n) is 13.0. The van der Waals surface area contributed by atoms with Crippen LogP contribution < -0.4 is 5.32 Å². The number of carbonyl (C=O) groups excluding carboxylic acids is 1. The zero-order valence-corrected chi connectivity index (χ0v) is 13.0. The van der Waals surface area contributed by atoms with E-state index in [0.717, 1.165) is 32.2 Å². The third-order valence-electron chi connectivity index (χ3n) is 5.29. The lowest BCUT2D eigenvalue weighted by atomic mass is 9.69. The van der Waals surface area contributed by atoms with Crippen molar-refractivity contribution in [2.24, 2.45) is 11.3 Å². The van der Waals surface area contributed by atoms with E-state index in [1.54, 1.807) is 0 Å². The van der Waals surface area contributed by atoms with Crippen molar-refractivity contribution in [3.05, 3.63) is 0 Å². The fourth-order valence-electron chi connectivity index (χ4n) is 4.09. The van der Waals surface area contributed by atoms with Gasteiger partial charge in [-0.25, -0.2) is 0 Å². The van der Waals surface area contributed by atoms with Crippen molar-refractivity contribution in [2.75, 3.05) is 6.54 Å². The number of hydrogen-bond acceptors (Lipinski definition) is 2. The second-order valence-corrected chi connectivity index (χ2v) is 7.12. The molecule has 0 aliphatic heterocycles. The second-order valence-electron chi connectivity index (χ2n) is 7.12. The highest BCUT2D eigenvalue weighted by molar-refractivity contribution is 5.78. The van der Waals surface area contributed by atoms with Crippen LogP contribution in [0.5, 0.6) is 0 Å². The van der Waals surface area contributed by atoms with E-state index in [2.05, 4.69) is 5.32 Å². The molecule has 0 radical (unpaired) electrons. The van der Waals surface area contributed by atoms with Crippen molar-refractivity contribution in [1.82, 2.24) is 5.32 Å². The van der Waals surface area contributed by atoms with E-state index in [0.29, 0.717) is 12.3 Å². The maximum atomic E-state index is 12.2. The quantitative estimate of drug-likeness (QED) is 0.788. The zero-order chi connectivity index (χ0) is 15.1. The Balaban J connectivity index is 1.81. The highest BCUT2D eigenvalue weighted by Crippen LogP contribution is 2.42. The molecule has 0 atom stereocenters. The Kier molecular flexibility index (Phi) is 6.07. The van der Waals surface area contributed by atoms with Crippen LogP contribution in [0.25, 0.3) is 0 Å². The van der Waals surface area contributed by atoms with Gasteiger partial charge in [0.05, 0.1) is 6.42 Å². The summed E-state index contributed by atoms with van der Waals surface area (Å²) in [6.07, 6.45) is 11.9. The Morgan fingerprint density at radius 1 is 0.952 bits per heavy atom. The monoisotopic (exact) mass is 295 g/mol. The lowest BCUT2D eigenvalue weighted by Crippen LogP contribution is -2.37. The predicted molar refractivity (Wildman–Crippen MR) is 82.0 cm³/mol. The molecule has 2 aliphatic carbocycles. The van der Waals surface area contributed by atoms with Gasteiger partial charge in [-0.05, 0) is 37.0 Å². The van der Waals surface area contributed by atoms with Crippen LogP contribution in [-0.4, -0.2) is 23.5 Å². The molecule has 1 amide bonds. The van der Waals surface area contributed by atoms with E-state index in [1.807, 2.05) is 0 Å². The number of rotatable bonds is 6. The molecular weight excluding hydrogens is 266 g/mol. The highest BCUT2D eigenvalue weighted by Gasteiger charge is 2.36. The van der Waals surface area contributed by atoms with E-state index in [9.17, 15) is 9.59 Å². The fraction of sp³-hybridized carbons (Fsp3) is 0.882. The van der Waals surface area contributed by atoms with Gasteiger partial charge in [0.1, 0.15) is 0 Å². The van der Waals surface area contributed by atoms with Gasteiger partial charge in [0.25, 0.3) is 0 Å². The summed E-state index contributed by atoms with van der Waals surface area (Å²) in [5.41, 5.74) is -0.291. The molecule has 0 saturated heterocycles. The van der Waals surface area contributed by atoms with Crippen LogP contribution in [0, 0.1) is 11.3 Å². The van der Waals surface area contributed by atoms with Crippen molar-refractivity contribution >= 4 is 11.9 Å². The average Bonchev–Trinajstić information content (AvgIpc) is 2.46. The van der Waals surface area contributed by atoms with E-state index < -0.39 is 5.97 Å². The van der Waals surface area contributed by atoms with Crippen molar-refractivity contribution in [3.8, 4) is 0 Å². The van der Waals surface area contributed by atoms with Crippen LogP contribution >= 0.6 is 0 Å². The molecule has 21 heavy (non-hydrogen) atoms. The van der Waals surface area contributed by atoms with Crippen molar-refractivity contribution in [1.29, 1.82) is 0 Å². The van der Waals surface area contributed by atoms with Crippen molar-refractivity contribution in [2.45, 2.75) is 77.0 Å². The van der Waals surface area contributed by atoms with Crippen molar-refractivity contribution < 1.29 is 14.7 Å². The number of carboxylic acids is 1. The van der Waals surface area contributed by atoms with Gasteiger partial charge >= 0.3 is 5.97 Å². The number of hydrogen-bond donors (Lipinski definition) is 2. The van der Waals surface area contributed by atoms with Gasteiger partial charge in [-0.15, -0.1) is 0 Å². The molecule has 2 N–H and O–H groups in total. The predicted octanol–water partition coefficient (Wildman–Crippen LogP) is 3.50. The molecule has 2 aliphatic rings. The molecule has 120 valence electrons. The number of nitrogens with one attached hydrogen (secondary N) is 1. The Hall–Kier alpha value is -1.06. The first-order chi connectivity index (χ1) is 10.1. The number of carbonyl (C=O) groups is 2. The van der Waals surface area contributed by atoms with Gasteiger partial charge in [0.2, 0.25) is 5.91 Å². The molecule has 0 aromatic rings. The van der Waals surface area contributed by atoms with Crippen LogP contribution in [0.2, 0.25) is 0 Å². The van der Waals surface area contributed by atoms with Crippen LogP contribution in [0.4, 0.5) is 0 Å². The summed E-state index contributed by atoms with van der Waals surface area (Å²) in [5.74, 6) is -0.0785. The summed E-state index contributed by atoms with van der Waals surface area (Å²) < 4.78 is 0. The summed E-state index contributed by atoms with van der Waals surface area (Å²) in [7, 11) is 0. The Morgan fingerprint density at radius 2 is 1.57 bits per heavy atom. The minimum Gasteiger partial charge on any atom is -0.481 e. The van der Waals surface area contributed by atoms with Crippen molar-refractivity contribution in [3.63, 3.8) is 0 Å². The molecular formula is C17H29NO3. The molecule has 0 unspecified atom stereocenters. The van der Waals surface area contributed by atoms with Gasteiger partial charge in [-0.2, -0.15) is 0 Å².